The van der Waals surface area contributed by atoms with Crippen molar-refractivity contribution < 1.29 is 9.84 Å². The molecule has 0 aliphatic heterocycles. The third-order valence-corrected chi connectivity index (χ3v) is 3.67. The molecule has 0 radical (unpaired) electrons. The molecule has 1 heterocycles. The fourth-order valence-corrected chi connectivity index (χ4v) is 2.52. The van der Waals surface area contributed by atoms with Gasteiger partial charge >= 0.3 is 0 Å². The van der Waals surface area contributed by atoms with Crippen molar-refractivity contribution in [3.8, 4) is 5.88 Å². The van der Waals surface area contributed by atoms with Crippen LogP contribution in [0.15, 0.2) is 42.5 Å². The highest BCUT2D eigenvalue weighted by Crippen LogP contribution is 2.27. The van der Waals surface area contributed by atoms with Crippen molar-refractivity contribution in [1.29, 1.82) is 0 Å². The Hall–Kier alpha value is -1.91. The van der Waals surface area contributed by atoms with E-state index in [2.05, 4.69) is 23.8 Å². The first-order chi connectivity index (χ1) is 11.5. The molecule has 128 valence electrons. The van der Waals surface area contributed by atoms with Gasteiger partial charge in [0.25, 0.3) is 0 Å². The van der Waals surface area contributed by atoms with Gasteiger partial charge in [-0.15, -0.1) is 0 Å². The molecule has 1 N–H and O–H groups in total. The Morgan fingerprint density at radius 1 is 1.21 bits per heavy atom. The zero-order valence-corrected chi connectivity index (χ0v) is 15.0. The lowest BCUT2D eigenvalue weighted by Gasteiger charge is -2.15. The van der Waals surface area contributed by atoms with Gasteiger partial charge in [0.05, 0.1) is 0 Å². The van der Waals surface area contributed by atoms with Crippen LogP contribution in [0.4, 0.5) is 0 Å². The third kappa shape index (κ3) is 5.05. The van der Waals surface area contributed by atoms with Crippen molar-refractivity contribution in [1.82, 2.24) is 9.97 Å². The molecule has 0 aliphatic rings. The maximum absolute atomic E-state index is 10.2. The van der Waals surface area contributed by atoms with Crippen LogP contribution in [-0.4, -0.2) is 15.1 Å². The van der Waals surface area contributed by atoms with Gasteiger partial charge in [0.15, 0.2) is 5.15 Å². The van der Waals surface area contributed by atoms with Crippen LogP contribution in [0.2, 0.25) is 5.15 Å². The average Bonchev–Trinajstić information content (AvgIpc) is 2.54. The van der Waals surface area contributed by atoms with Crippen LogP contribution in [0.3, 0.4) is 0 Å². The van der Waals surface area contributed by atoms with Crippen molar-refractivity contribution in [2.24, 2.45) is 5.92 Å². The van der Waals surface area contributed by atoms with E-state index in [1.165, 1.54) is 0 Å². The van der Waals surface area contributed by atoms with Gasteiger partial charge < -0.3 is 9.84 Å². The predicted octanol–water partition coefficient (Wildman–Crippen LogP) is 4.52. The van der Waals surface area contributed by atoms with E-state index in [0.717, 1.165) is 5.56 Å². The molecule has 1 aromatic carbocycles. The van der Waals surface area contributed by atoms with Crippen LogP contribution in [-0.2, 0) is 13.0 Å². The smallest absolute Gasteiger partial charge is 0.236 e. The molecule has 24 heavy (non-hydrogen) atoms. The fraction of sp³-hybridized carbons (Fsp3) is 0.368. The number of aliphatic hydroxyl groups excluding tert-OH is 1. The molecule has 2 aromatic rings. The van der Waals surface area contributed by atoms with Gasteiger partial charge in [0, 0.05) is 0 Å². The zero-order valence-electron chi connectivity index (χ0n) is 14.2. The first-order valence-corrected chi connectivity index (χ1v) is 8.43. The molecule has 1 atom stereocenters. The number of hydrogen-bond acceptors (Lipinski definition) is 4. The summed E-state index contributed by atoms with van der Waals surface area (Å²) in [5, 5.41) is 10.4. The number of aliphatic hydroxyl groups is 1. The molecule has 5 heteroatoms. The van der Waals surface area contributed by atoms with E-state index in [-0.39, 0.29) is 5.15 Å². The van der Waals surface area contributed by atoms with Crippen molar-refractivity contribution in [3.63, 3.8) is 0 Å². The minimum absolute atomic E-state index is 0.211. The number of nitrogens with zero attached hydrogens (tertiary/aromatic N) is 2. The lowest BCUT2D eigenvalue weighted by atomic mass is 10.1. The average molecular weight is 347 g/mol. The van der Waals surface area contributed by atoms with Crippen LogP contribution in [0.5, 0.6) is 5.88 Å². The van der Waals surface area contributed by atoms with E-state index < -0.39 is 6.10 Å². The Kier molecular flexibility index (Phi) is 6.76. The molecule has 0 aliphatic carbocycles. The summed E-state index contributed by atoms with van der Waals surface area (Å²) in [5.74, 6) is 0.816. The highest BCUT2D eigenvalue weighted by atomic mass is 35.5. The SMILES string of the molecule is CC=CC(O)c1nc(OCc2ccccc2)c(CC(C)C)nc1Cl. The van der Waals surface area contributed by atoms with E-state index >= 15 is 0 Å². The van der Waals surface area contributed by atoms with Crippen molar-refractivity contribution >= 4 is 11.6 Å². The van der Waals surface area contributed by atoms with Gasteiger partial charge in [-0.05, 0) is 24.8 Å². The molecular weight excluding hydrogens is 324 g/mol. The topological polar surface area (TPSA) is 55.2 Å². The Balaban J connectivity index is 2.31. The Labute approximate surface area is 148 Å². The number of aromatic nitrogens is 2. The Morgan fingerprint density at radius 2 is 1.92 bits per heavy atom. The third-order valence-electron chi connectivity index (χ3n) is 3.39. The lowest BCUT2D eigenvalue weighted by Crippen LogP contribution is -2.10. The summed E-state index contributed by atoms with van der Waals surface area (Å²) >= 11 is 6.21. The number of rotatable bonds is 7. The highest BCUT2D eigenvalue weighted by molar-refractivity contribution is 6.30. The van der Waals surface area contributed by atoms with Gasteiger partial charge in [-0.1, -0.05) is 67.9 Å². The quantitative estimate of drug-likeness (QED) is 0.749. The van der Waals surface area contributed by atoms with Gasteiger partial charge in [-0.25, -0.2) is 9.97 Å². The molecular formula is C19H23ClN2O2. The number of halogens is 1. The number of allylic oxidation sites excluding steroid dienone is 1. The molecule has 0 saturated carbocycles. The van der Waals surface area contributed by atoms with Gasteiger partial charge in [-0.2, -0.15) is 0 Å². The van der Waals surface area contributed by atoms with Crippen LogP contribution >= 0.6 is 11.6 Å². The molecule has 1 aromatic heterocycles. The van der Waals surface area contributed by atoms with Gasteiger partial charge in [0.1, 0.15) is 24.1 Å². The molecule has 0 saturated heterocycles. The lowest BCUT2D eigenvalue weighted by molar-refractivity contribution is 0.218. The molecule has 0 bridgehead atoms. The second-order valence-corrected chi connectivity index (χ2v) is 6.35. The molecule has 0 fully saturated rings. The molecule has 0 amide bonds. The molecule has 2 rings (SSSR count). The summed E-state index contributed by atoms with van der Waals surface area (Å²) in [4.78, 5) is 8.85. The first kappa shape index (κ1) is 18.4. The second-order valence-electron chi connectivity index (χ2n) is 5.99. The van der Waals surface area contributed by atoms with Crippen LogP contribution in [0, 0.1) is 5.92 Å². The Bertz CT molecular complexity index is 687. The number of hydrogen-bond donors (Lipinski definition) is 1. The maximum Gasteiger partial charge on any atom is 0.236 e. The predicted molar refractivity (Wildman–Crippen MR) is 96.1 cm³/mol. The van der Waals surface area contributed by atoms with Crippen LogP contribution in [0.25, 0.3) is 0 Å². The van der Waals surface area contributed by atoms with Crippen molar-refractivity contribution in [3.05, 3.63) is 64.6 Å². The summed E-state index contributed by atoms with van der Waals surface area (Å²) in [6.45, 7) is 6.41. The van der Waals surface area contributed by atoms with E-state index in [1.54, 1.807) is 12.2 Å². The van der Waals surface area contributed by atoms with Crippen LogP contribution in [0.1, 0.15) is 43.8 Å². The minimum Gasteiger partial charge on any atom is -0.471 e. The van der Waals surface area contributed by atoms with E-state index in [1.807, 2.05) is 37.3 Å². The van der Waals surface area contributed by atoms with E-state index in [4.69, 9.17) is 16.3 Å². The minimum atomic E-state index is -0.901. The summed E-state index contributed by atoms with van der Waals surface area (Å²) in [6.07, 6.45) is 3.16. The monoisotopic (exact) mass is 346 g/mol. The molecule has 0 spiro atoms. The summed E-state index contributed by atoms with van der Waals surface area (Å²) in [7, 11) is 0. The fourth-order valence-electron chi connectivity index (χ4n) is 2.27. The van der Waals surface area contributed by atoms with Crippen molar-refractivity contribution in [2.75, 3.05) is 0 Å². The second kappa shape index (κ2) is 8.81. The van der Waals surface area contributed by atoms with Crippen molar-refractivity contribution in [2.45, 2.75) is 39.9 Å². The number of ether oxygens (including phenoxy) is 1. The normalized spacial score (nSPS) is 12.8. The van der Waals surface area contributed by atoms with Crippen LogP contribution < -0.4 is 4.74 Å². The van der Waals surface area contributed by atoms with E-state index in [0.29, 0.717) is 36.2 Å². The van der Waals surface area contributed by atoms with E-state index in [9.17, 15) is 5.11 Å². The molecule has 4 nitrogen and oxygen atoms in total. The largest absolute Gasteiger partial charge is 0.471 e. The summed E-state index contributed by atoms with van der Waals surface area (Å²) in [6, 6.07) is 9.86. The molecule has 1 unspecified atom stereocenters. The summed E-state index contributed by atoms with van der Waals surface area (Å²) < 4.78 is 5.88. The maximum atomic E-state index is 10.2. The summed E-state index contributed by atoms with van der Waals surface area (Å²) in [5.41, 5.74) is 2.06. The van der Waals surface area contributed by atoms with Gasteiger partial charge in [0.2, 0.25) is 5.88 Å². The standard InChI is InChI=1S/C19H23ClN2O2/c1-4-8-16(23)17-18(20)21-15(11-13(2)3)19(22-17)24-12-14-9-6-5-7-10-14/h4-10,13,16,23H,11-12H2,1-3H3. The first-order valence-electron chi connectivity index (χ1n) is 8.05. The number of benzene rings is 1. The highest BCUT2D eigenvalue weighted by Gasteiger charge is 2.18. The Morgan fingerprint density at radius 3 is 2.54 bits per heavy atom. The van der Waals surface area contributed by atoms with Gasteiger partial charge in [-0.3, -0.25) is 0 Å². The zero-order chi connectivity index (χ0) is 17.5.